The Bertz CT molecular complexity index is 800. The predicted octanol–water partition coefficient (Wildman–Crippen LogP) is 1.38. The molecule has 0 bridgehead atoms. The summed E-state index contributed by atoms with van der Waals surface area (Å²) in [5.74, 6) is 0.561. The second-order valence-corrected chi connectivity index (χ2v) is 6.63. The molecule has 1 aromatic carbocycles. The van der Waals surface area contributed by atoms with Gasteiger partial charge in [0.25, 0.3) is 0 Å². The number of imidazole rings is 1. The number of hydrogen-bond acceptors (Lipinski definition) is 7. The normalized spacial score (nSPS) is 20.3. The lowest BCUT2D eigenvalue weighted by molar-refractivity contribution is -0.389. The number of piperazine rings is 1. The zero-order valence-corrected chi connectivity index (χ0v) is 14.6. The van der Waals surface area contributed by atoms with Crippen LogP contribution >= 0.6 is 0 Å². The van der Waals surface area contributed by atoms with Gasteiger partial charge < -0.3 is 29.4 Å². The lowest BCUT2D eigenvalue weighted by Crippen LogP contribution is -2.44. The molecule has 0 spiro atoms. The van der Waals surface area contributed by atoms with E-state index in [9.17, 15) is 10.1 Å². The molecular weight excluding hydrogens is 338 g/mol. The summed E-state index contributed by atoms with van der Waals surface area (Å²) in [5.41, 5.74) is 1.14. The van der Waals surface area contributed by atoms with E-state index < -0.39 is 4.92 Å². The van der Waals surface area contributed by atoms with Gasteiger partial charge in [0.2, 0.25) is 0 Å². The molecular formula is C17H21N5O4. The van der Waals surface area contributed by atoms with E-state index in [1.807, 2.05) is 18.2 Å². The van der Waals surface area contributed by atoms with Crippen molar-refractivity contribution in [3.8, 4) is 11.8 Å². The third-order valence-corrected chi connectivity index (χ3v) is 4.70. The van der Waals surface area contributed by atoms with Crippen LogP contribution in [0.4, 0.5) is 11.5 Å². The summed E-state index contributed by atoms with van der Waals surface area (Å²) in [7, 11) is 2.13. The molecule has 9 nitrogen and oxygen atoms in total. The van der Waals surface area contributed by atoms with Crippen molar-refractivity contribution in [2.24, 2.45) is 0 Å². The van der Waals surface area contributed by atoms with Crippen molar-refractivity contribution >= 4 is 11.5 Å². The lowest BCUT2D eigenvalue weighted by atomic mass is 10.2. The smallest absolute Gasteiger partial charge is 0.414 e. The number of hydrogen-bond donors (Lipinski definition) is 0. The molecule has 26 heavy (non-hydrogen) atoms. The lowest BCUT2D eigenvalue weighted by Gasteiger charge is -2.34. The molecule has 0 amide bonds. The van der Waals surface area contributed by atoms with E-state index in [2.05, 4.69) is 27.9 Å². The van der Waals surface area contributed by atoms with Crippen LogP contribution in [0.1, 0.15) is 0 Å². The van der Waals surface area contributed by atoms with Crippen molar-refractivity contribution < 1.29 is 14.4 Å². The Morgan fingerprint density at radius 1 is 1.31 bits per heavy atom. The van der Waals surface area contributed by atoms with Gasteiger partial charge in [0, 0.05) is 42.9 Å². The zero-order valence-electron chi connectivity index (χ0n) is 14.6. The molecule has 2 aliphatic rings. The summed E-state index contributed by atoms with van der Waals surface area (Å²) in [6.45, 7) is 4.86. The van der Waals surface area contributed by atoms with Crippen LogP contribution in [-0.2, 0) is 6.54 Å². The van der Waals surface area contributed by atoms with E-state index in [-0.39, 0.29) is 17.9 Å². The van der Waals surface area contributed by atoms with Crippen molar-refractivity contribution in [1.29, 1.82) is 0 Å². The first-order valence-electron chi connectivity index (χ1n) is 8.63. The average molecular weight is 359 g/mol. The first-order chi connectivity index (χ1) is 12.6. The fraction of sp³-hybridized carbons (Fsp3) is 0.471. The second-order valence-electron chi connectivity index (χ2n) is 6.63. The molecule has 1 saturated heterocycles. The number of fused-ring (bicyclic) bond motifs is 1. The van der Waals surface area contributed by atoms with Gasteiger partial charge in [-0.2, -0.15) is 0 Å². The summed E-state index contributed by atoms with van der Waals surface area (Å²) >= 11 is 0. The largest absolute Gasteiger partial charge is 0.485 e. The Labute approximate surface area is 150 Å². The van der Waals surface area contributed by atoms with Crippen LogP contribution in [0.5, 0.6) is 11.8 Å². The fourth-order valence-corrected chi connectivity index (χ4v) is 3.24. The van der Waals surface area contributed by atoms with Crippen LogP contribution < -0.4 is 14.4 Å². The Morgan fingerprint density at radius 3 is 2.88 bits per heavy atom. The van der Waals surface area contributed by atoms with Crippen LogP contribution in [0.25, 0.3) is 0 Å². The minimum Gasteiger partial charge on any atom is -0.485 e. The van der Waals surface area contributed by atoms with Crippen LogP contribution in [0.3, 0.4) is 0 Å². The maximum absolute atomic E-state index is 10.8. The van der Waals surface area contributed by atoms with E-state index in [0.29, 0.717) is 13.2 Å². The topological polar surface area (TPSA) is 85.9 Å². The zero-order chi connectivity index (χ0) is 18.1. The number of anilines is 1. The summed E-state index contributed by atoms with van der Waals surface area (Å²) < 4.78 is 13.2. The van der Waals surface area contributed by atoms with Crippen LogP contribution in [0, 0.1) is 10.1 Å². The number of aromatic nitrogens is 2. The molecule has 1 atom stereocenters. The molecule has 0 N–H and O–H groups in total. The highest BCUT2D eigenvalue weighted by Crippen LogP contribution is 2.26. The van der Waals surface area contributed by atoms with Gasteiger partial charge in [-0.1, -0.05) is 6.07 Å². The van der Waals surface area contributed by atoms with E-state index in [1.165, 1.54) is 6.20 Å². The van der Waals surface area contributed by atoms with Crippen molar-refractivity contribution in [3.63, 3.8) is 0 Å². The first-order valence-corrected chi connectivity index (χ1v) is 8.63. The number of nitro groups is 1. The van der Waals surface area contributed by atoms with Gasteiger partial charge in [0.1, 0.15) is 18.6 Å². The van der Waals surface area contributed by atoms with E-state index in [1.54, 1.807) is 4.57 Å². The monoisotopic (exact) mass is 359 g/mol. The molecule has 9 heteroatoms. The Hall–Kier alpha value is -2.81. The molecule has 2 aromatic rings. The molecule has 1 aromatic heterocycles. The summed E-state index contributed by atoms with van der Waals surface area (Å²) in [5, 5.41) is 10.8. The number of nitrogens with zero attached hydrogens (tertiary/aromatic N) is 5. The summed E-state index contributed by atoms with van der Waals surface area (Å²) in [6, 6.07) is 8.30. The molecule has 1 fully saturated rings. The van der Waals surface area contributed by atoms with Crippen LogP contribution in [0.2, 0.25) is 0 Å². The maximum Gasteiger partial charge on any atom is 0.414 e. The van der Waals surface area contributed by atoms with Gasteiger partial charge in [-0.05, 0) is 24.1 Å². The minimum atomic E-state index is -0.524. The van der Waals surface area contributed by atoms with Crippen LogP contribution in [0.15, 0.2) is 30.5 Å². The highest BCUT2D eigenvalue weighted by Gasteiger charge is 2.29. The minimum absolute atomic E-state index is 0.210. The number of likely N-dealkylation sites (N-methyl/N-ethyl adjacent to an activating group) is 1. The second kappa shape index (κ2) is 6.83. The van der Waals surface area contributed by atoms with Crippen molar-refractivity contribution in [2.45, 2.75) is 12.6 Å². The predicted molar refractivity (Wildman–Crippen MR) is 94.9 cm³/mol. The quantitative estimate of drug-likeness (QED) is 0.602. The Morgan fingerprint density at radius 2 is 2.12 bits per heavy atom. The van der Waals surface area contributed by atoms with Crippen molar-refractivity contribution in [2.75, 3.05) is 44.7 Å². The van der Waals surface area contributed by atoms with Gasteiger partial charge in [-0.25, -0.2) is 0 Å². The van der Waals surface area contributed by atoms with Gasteiger partial charge in [-0.3, -0.25) is 4.57 Å². The SMILES string of the molecule is CN1CCN(c2cccc(OC3COc4nc([N+](=O)[O-])cn4C3)c2)CC1. The highest BCUT2D eigenvalue weighted by atomic mass is 16.6. The van der Waals surface area contributed by atoms with E-state index in [0.717, 1.165) is 37.6 Å². The standard InChI is InChI=1S/C17H21N5O4/c1-19-5-7-20(8-6-19)13-3-2-4-14(9-13)26-15-10-21-11-16(22(23)24)18-17(21)25-12-15/h2-4,9,11,15H,5-8,10,12H2,1H3. The molecule has 1 unspecified atom stereocenters. The van der Waals surface area contributed by atoms with Crippen molar-refractivity contribution in [1.82, 2.24) is 14.5 Å². The molecule has 3 heterocycles. The van der Waals surface area contributed by atoms with Gasteiger partial charge in [0.05, 0.1) is 6.54 Å². The molecule has 4 rings (SSSR count). The molecule has 0 aliphatic carbocycles. The van der Waals surface area contributed by atoms with Gasteiger partial charge in [0.15, 0.2) is 6.10 Å². The number of rotatable bonds is 4. The average Bonchev–Trinajstić information content (AvgIpc) is 3.06. The van der Waals surface area contributed by atoms with Crippen LogP contribution in [-0.4, -0.2) is 65.3 Å². The fourth-order valence-electron chi connectivity index (χ4n) is 3.24. The maximum atomic E-state index is 10.8. The first kappa shape index (κ1) is 16.6. The third-order valence-electron chi connectivity index (χ3n) is 4.70. The summed E-state index contributed by atoms with van der Waals surface area (Å²) in [4.78, 5) is 18.8. The Kier molecular flexibility index (Phi) is 4.37. The molecule has 2 aliphatic heterocycles. The molecule has 0 radical (unpaired) electrons. The van der Waals surface area contributed by atoms with E-state index in [4.69, 9.17) is 9.47 Å². The number of ether oxygens (including phenoxy) is 2. The highest BCUT2D eigenvalue weighted by molar-refractivity contribution is 5.51. The molecule has 0 saturated carbocycles. The third kappa shape index (κ3) is 3.43. The van der Waals surface area contributed by atoms with Gasteiger partial charge in [-0.15, -0.1) is 0 Å². The molecule has 138 valence electrons. The van der Waals surface area contributed by atoms with Crippen molar-refractivity contribution in [3.05, 3.63) is 40.6 Å². The summed E-state index contributed by atoms with van der Waals surface area (Å²) in [6.07, 6.45) is 1.16. The Balaban J connectivity index is 1.43. The number of benzene rings is 1. The van der Waals surface area contributed by atoms with Gasteiger partial charge >= 0.3 is 11.8 Å². The van der Waals surface area contributed by atoms with E-state index >= 15 is 0 Å².